The molecule has 5 fully saturated rings. The van der Waals surface area contributed by atoms with Crippen molar-refractivity contribution in [1.29, 1.82) is 0 Å². The van der Waals surface area contributed by atoms with E-state index in [-0.39, 0.29) is 11.9 Å². The van der Waals surface area contributed by atoms with Crippen molar-refractivity contribution in [2.75, 3.05) is 6.61 Å². The fourth-order valence-corrected chi connectivity index (χ4v) is 9.66. The highest BCUT2D eigenvalue weighted by molar-refractivity contribution is 5.26. The van der Waals surface area contributed by atoms with Gasteiger partial charge in [-0.25, -0.2) is 0 Å². The average molecular weight is 415 g/mol. The molecular weight excluding hydrogens is 372 g/mol. The molecule has 0 bridgehead atoms. The molecule has 1 spiro atoms. The average Bonchev–Trinajstić information content (AvgIpc) is 3.16. The molecule has 0 aromatic rings. The fourth-order valence-electron chi connectivity index (χ4n) is 9.66. The molecule has 0 radical (unpaired) electrons. The van der Waals surface area contributed by atoms with Gasteiger partial charge < -0.3 is 14.6 Å². The van der Waals surface area contributed by atoms with Gasteiger partial charge in [-0.3, -0.25) is 0 Å². The van der Waals surface area contributed by atoms with Crippen LogP contribution in [0.15, 0.2) is 11.6 Å². The minimum absolute atomic E-state index is 0.107. The molecule has 1 N–H and O–H groups in total. The third-order valence-electron chi connectivity index (χ3n) is 11.3. The first-order valence-corrected chi connectivity index (χ1v) is 13.0. The lowest BCUT2D eigenvalue weighted by atomic mass is 9.47. The van der Waals surface area contributed by atoms with Crippen molar-refractivity contribution in [2.45, 2.75) is 103 Å². The molecule has 0 aromatic heterocycles. The Morgan fingerprint density at radius 1 is 1.03 bits per heavy atom. The predicted molar refractivity (Wildman–Crippen MR) is 118 cm³/mol. The van der Waals surface area contributed by atoms with E-state index in [1.54, 1.807) is 5.57 Å². The zero-order chi connectivity index (χ0) is 20.9. The van der Waals surface area contributed by atoms with Crippen molar-refractivity contribution in [3.63, 3.8) is 0 Å². The van der Waals surface area contributed by atoms with E-state index in [0.717, 1.165) is 43.6 Å². The Bertz CT molecular complexity index is 736. The first-order valence-electron chi connectivity index (χ1n) is 13.0. The Morgan fingerprint density at radius 3 is 2.63 bits per heavy atom. The zero-order valence-corrected chi connectivity index (χ0v) is 19.5. The minimum Gasteiger partial charge on any atom is -0.393 e. The maximum atomic E-state index is 10.3. The van der Waals surface area contributed by atoms with Gasteiger partial charge >= 0.3 is 0 Å². The number of aliphatic hydroxyl groups excluding tert-OH is 1. The number of hydrogen-bond acceptors (Lipinski definition) is 3. The van der Waals surface area contributed by atoms with Crippen LogP contribution < -0.4 is 0 Å². The van der Waals surface area contributed by atoms with Crippen LogP contribution in [0, 0.1) is 46.3 Å². The van der Waals surface area contributed by atoms with Gasteiger partial charge in [-0.05, 0) is 91.8 Å². The highest BCUT2D eigenvalue weighted by atomic mass is 16.7. The molecule has 0 aromatic carbocycles. The lowest BCUT2D eigenvalue weighted by Crippen LogP contribution is -2.52. The summed E-state index contributed by atoms with van der Waals surface area (Å²) in [5.74, 6) is 3.94. The second-order valence-corrected chi connectivity index (χ2v) is 12.7. The van der Waals surface area contributed by atoms with Crippen LogP contribution in [-0.2, 0) is 9.47 Å². The lowest BCUT2D eigenvalue weighted by Gasteiger charge is -2.58. The minimum atomic E-state index is -0.294. The number of ether oxygens (including phenoxy) is 2. The van der Waals surface area contributed by atoms with Crippen LogP contribution in [0.5, 0.6) is 0 Å². The summed E-state index contributed by atoms with van der Waals surface area (Å²) in [6, 6.07) is 0. The normalized spacial score (nSPS) is 59.8. The molecule has 3 nitrogen and oxygen atoms in total. The fraction of sp³-hybridized carbons (Fsp3) is 0.926. The maximum Gasteiger partial charge on any atom is 0.171 e. The van der Waals surface area contributed by atoms with E-state index in [9.17, 15) is 5.11 Å². The molecule has 3 saturated carbocycles. The Morgan fingerprint density at radius 2 is 1.87 bits per heavy atom. The molecule has 2 heterocycles. The van der Waals surface area contributed by atoms with Crippen LogP contribution in [0.3, 0.4) is 0 Å². The Labute approximate surface area is 183 Å². The van der Waals surface area contributed by atoms with Crippen LogP contribution in [0.4, 0.5) is 0 Å². The maximum absolute atomic E-state index is 10.3. The lowest BCUT2D eigenvalue weighted by molar-refractivity contribution is -0.272. The first kappa shape index (κ1) is 20.2. The van der Waals surface area contributed by atoms with Gasteiger partial charge in [-0.1, -0.05) is 39.3 Å². The summed E-state index contributed by atoms with van der Waals surface area (Å²) < 4.78 is 13.3. The number of aliphatic hydroxyl groups is 1. The topological polar surface area (TPSA) is 38.7 Å². The summed E-state index contributed by atoms with van der Waals surface area (Å²) in [7, 11) is 0. The second-order valence-electron chi connectivity index (χ2n) is 12.7. The van der Waals surface area contributed by atoms with Gasteiger partial charge in [0.15, 0.2) is 5.79 Å². The largest absolute Gasteiger partial charge is 0.393 e. The number of fused-ring (bicyclic) bond motifs is 7. The third-order valence-corrected chi connectivity index (χ3v) is 11.3. The molecule has 168 valence electrons. The van der Waals surface area contributed by atoms with Gasteiger partial charge in [0, 0.05) is 12.3 Å². The standard InChI is InChI=1S/C27H42O3/c1-16-7-12-27(29-15-16)17(2)24-23(30-27)14-22-20-6-5-18-13-19(28)8-10-25(18,3)21(20)9-11-26(22,24)4/h5,16-17,19-24,28H,6-15H2,1-4H3/t16?,17-,19-,20+,21-,22-,23-,24-,25-,26-,27+/m1/s1. The number of allylic oxidation sites excluding steroid dienone is 1. The highest BCUT2D eigenvalue weighted by Crippen LogP contribution is 2.70. The molecule has 11 atom stereocenters. The van der Waals surface area contributed by atoms with Gasteiger partial charge in [-0.15, -0.1) is 0 Å². The van der Waals surface area contributed by atoms with E-state index >= 15 is 0 Å². The Hall–Kier alpha value is -0.380. The van der Waals surface area contributed by atoms with Crippen molar-refractivity contribution < 1.29 is 14.6 Å². The molecular formula is C27H42O3. The van der Waals surface area contributed by atoms with Crippen molar-refractivity contribution in [3.8, 4) is 0 Å². The van der Waals surface area contributed by atoms with Crippen LogP contribution in [0.25, 0.3) is 0 Å². The molecule has 0 amide bonds. The van der Waals surface area contributed by atoms with E-state index < -0.39 is 0 Å². The summed E-state index contributed by atoms with van der Waals surface area (Å²) in [6.45, 7) is 10.8. The monoisotopic (exact) mass is 414 g/mol. The van der Waals surface area contributed by atoms with E-state index in [1.165, 1.54) is 38.5 Å². The van der Waals surface area contributed by atoms with E-state index in [4.69, 9.17) is 9.47 Å². The summed E-state index contributed by atoms with van der Waals surface area (Å²) in [4.78, 5) is 0. The van der Waals surface area contributed by atoms with Crippen LogP contribution in [0.1, 0.15) is 85.5 Å². The van der Waals surface area contributed by atoms with Gasteiger partial charge in [-0.2, -0.15) is 0 Å². The van der Waals surface area contributed by atoms with Crippen LogP contribution in [0.2, 0.25) is 0 Å². The predicted octanol–water partition coefficient (Wildman–Crippen LogP) is 5.71. The Kier molecular flexibility index (Phi) is 4.44. The van der Waals surface area contributed by atoms with Crippen LogP contribution in [-0.4, -0.2) is 29.7 Å². The molecule has 6 rings (SSSR count). The smallest absolute Gasteiger partial charge is 0.171 e. The molecule has 2 aliphatic heterocycles. The van der Waals surface area contributed by atoms with Crippen molar-refractivity contribution >= 4 is 0 Å². The van der Waals surface area contributed by atoms with Gasteiger partial charge in [0.1, 0.15) is 0 Å². The molecule has 30 heavy (non-hydrogen) atoms. The van der Waals surface area contributed by atoms with E-state index in [0.29, 0.717) is 34.7 Å². The number of rotatable bonds is 0. The SMILES string of the molecule is CC1CC[C@]2(OC1)O[C@@H]1C[C@@H]3[C@H]4CC=C5C[C@H](O)CC[C@@]5(C)[C@@H]4CC[C@@]3(C)[C@@H]1[C@H]2C. The van der Waals surface area contributed by atoms with Crippen molar-refractivity contribution in [3.05, 3.63) is 11.6 Å². The zero-order valence-electron chi connectivity index (χ0n) is 19.5. The first-order chi connectivity index (χ1) is 14.3. The van der Waals surface area contributed by atoms with Crippen molar-refractivity contribution in [2.24, 2.45) is 46.3 Å². The van der Waals surface area contributed by atoms with Gasteiger partial charge in [0.25, 0.3) is 0 Å². The van der Waals surface area contributed by atoms with Crippen molar-refractivity contribution in [1.82, 2.24) is 0 Å². The molecule has 1 unspecified atom stereocenters. The van der Waals surface area contributed by atoms with Crippen LogP contribution >= 0.6 is 0 Å². The quantitative estimate of drug-likeness (QED) is 0.516. The molecule has 2 saturated heterocycles. The molecule has 6 aliphatic rings. The third kappa shape index (κ3) is 2.55. The second kappa shape index (κ2) is 6.58. The van der Waals surface area contributed by atoms with E-state index in [2.05, 4.69) is 33.8 Å². The molecule has 3 heteroatoms. The summed E-state index contributed by atoms with van der Waals surface area (Å²) in [5.41, 5.74) is 2.31. The van der Waals surface area contributed by atoms with Gasteiger partial charge in [0.05, 0.1) is 18.8 Å². The van der Waals surface area contributed by atoms with E-state index in [1.807, 2.05) is 0 Å². The highest BCUT2D eigenvalue weighted by Gasteiger charge is 2.68. The summed E-state index contributed by atoms with van der Waals surface area (Å²) >= 11 is 0. The van der Waals surface area contributed by atoms with Gasteiger partial charge in [0.2, 0.25) is 0 Å². The molecule has 4 aliphatic carbocycles. The summed E-state index contributed by atoms with van der Waals surface area (Å²) in [5, 5.41) is 10.3. The Balaban J connectivity index is 1.28. The summed E-state index contributed by atoms with van der Waals surface area (Å²) in [6.07, 6.45) is 13.5. The number of hydrogen-bond donors (Lipinski definition) is 1.